The van der Waals surface area contributed by atoms with Gasteiger partial charge in [0, 0.05) is 0 Å². The van der Waals surface area contributed by atoms with Crippen molar-refractivity contribution >= 4 is 0 Å². The topological polar surface area (TPSA) is 190 Å². The van der Waals surface area contributed by atoms with Crippen LogP contribution in [0, 0.1) is 0 Å². The molecule has 3 unspecified atom stereocenters. The van der Waals surface area contributed by atoms with Crippen LogP contribution >= 0.6 is 0 Å². The number of hydrogen-bond acceptors (Lipinski definition) is 11. The Hall–Kier alpha value is -0.440. The Balaban J connectivity index is 1.94. The van der Waals surface area contributed by atoms with Crippen LogP contribution in [0.3, 0.4) is 0 Å². The van der Waals surface area contributed by atoms with Crippen molar-refractivity contribution in [2.45, 2.75) is 54.4 Å². The van der Waals surface area contributed by atoms with E-state index < -0.39 is 80.9 Å². The molecule has 2 aliphatic rings. The van der Waals surface area contributed by atoms with Gasteiger partial charge in [0.2, 0.25) is 0 Å². The Bertz CT molecular complexity index is 422. The smallest absolute Gasteiger partial charge is 0.143 e. The molecule has 2 aliphatic heterocycles. The van der Waals surface area contributed by atoms with Gasteiger partial charge in [0.25, 0.3) is 0 Å². The molecule has 0 aromatic carbocycles. The van der Waals surface area contributed by atoms with Crippen molar-refractivity contribution in [3.8, 4) is 0 Å². The Labute approximate surface area is 143 Å². The van der Waals surface area contributed by atoms with Gasteiger partial charge < -0.3 is 55.1 Å². The lowest BCUT2D eigenvalue weighted by atomic mass is 9.95. The van der Waals surface area contributed by atoms with E-state index in [1.54, 1.807) is 0 Å². The first-order valence-electron chi connectivity index (χ1n) is 7.95. The van der Waals surface area contributed by atoms with Gasteiger partial charge in [0.05, 0.1) is 33.0 Å². The molecule has 2 heterocycles. The summed E-state index contributed by atoms with van der Waals surface area (Å²) in [4.78, 5) is 0. The molecule has 25 heavy (non-hydrogen) atoms. The van der Waals surface area contributed by atoms with Gasteiger partial charge in [0.1, 0.15) is 54.4 Å². The van der Waals surface area contributed by atoms with Crippen molar-refractivity contribution in [3.63, 3.8) is 0 Å². The molecule has 0 spiro atoms. The lowest BCUT2D eigenvalue weighted by Gasteiger charge is -2.40. The second kappa shape index (κ2) is 8.50. The van der Waals surface area contributed by atoms with E-state index in [2.05, 4.69) is 0 Å². The summed E-state index contributed by atoms with van der Waals surface area (Å²) in [5, 5.41) is 76.9. The zero-order valence-electron chi connectivity index (χ0n) is 13.5. The molecule has 2 fully saturated rings. The summed E-state index contributed by atoms with van der Waals surface area (Å²) in [6, 6.07) is 0. The van der Waals surface area contributed by atoms with Gasteiger partial charge in [-0.1, -0.05) is 0 Å². The van der Waals surface area contributed by atoms with Crippen LogP contribution < -0.4 is 0 Å². The summed E-state index contributed by atoms with van der Waals surface area (Å²) in [5.41, 5.74) is -1.67. The summed E-state index contributed by atoms with van der Waals surface area (Å²) in [5.74, 6) is 0. The van der Waals surface area contributed by atoms with E-state index in [4.69, 9.17) is 24.4 Å². The number of ether oxygens (including phenoxy) is 3. The van der Waals surface area contributed by atoms with Crippen molar-refractivity contribution < 1.29 is 55.1 Å². The second-order valence-corrected chi connectivity index (χ2v) is 6.38. The standard InChI is InChI=1S/C14H26O11/c15-1-6-9(18)12(21)10(19)8(24-6)3-23-5-14(4-17)13(22)11(20)7(2-16)25-14/h6-13,15-22H,1-5H2/t6?,7?,8?,9-,10+,11-,12+,13+,14-/m0/s1. The molecule has 2 rings (SSSR count). The molecule has 8 N–H and O–H groups in total. The van der Waals surface area contributed by atoms with Crippen molar-refractivity contribution in [2.24, 2.45) is 0 Å². The van der Waals surface area contributed by atoms with Crippen molar-refractivity contribution in [2.75, 3.05) is 33.0 Å². The van der Waals surface area contributed by atoms with Gasteiger partial charge in [-0.2, -0.15) is 0 Å². The van der Waals surface area contributed by atoms with Gasteiger partial charge in [-0.15, -0.1) is 0 Å². The average Bonchev–Trinajstić information content (AvgIpc) is 2.86. The highest BCUT2D eigenvalue weighted by molar-refractivity contribution is 5.02. The summed E-state index contributed by atoms with van der Waals surface area (Å²) in [7, 11) is 0. The first kappa shape index (κ1) is 20.9. The molecule has 0 aromatic heterocycles. The monoisotopic (exact) mass is 370 g/mol. The minimum Gasteiger partial charge on any atom is -0.394 e. The van der Waals surface area contributed by atoms with Crippen molar-refractivity contribution in [3.05, 3.63) is 0 Å². The lowest BCUT2D eigenvalue weighted by Crippen LogP contribution is -2.60. The third-order valence-electron chi connectivity index (χ3n) is 4.70. The summed E-state index contributed by atoms with van der Waals surface area (Å²) in [6.07, 6.45) is -10.7. The van der Waals surface area contributed by atoms with Gasteiger partial charge in [-0.3, -0.25) is 0 Å². The zero-order chi connectivity index (χ0) is 18.8. The average molecular weight is 370 g/mol. The van der Waals surface area contributed by atoms with E-state index in [1.807, 2.05) is 0 Å². The maximum absolute atomic E-state index is 10.0. The minimum absolute atomic E-state index is 0.306. The molecule has 0 amide bonds. The molecule has 0 aromatic rings. The van der Waals surface area contributed by atoms with E-state index in [9.17, 15) is 30.6 Å². The van der Waals surface area contributed by atoms with Crippen LogP contribution in [-0.4, -0.2) is 128 Å². The van der Waals surface area contributed by atoms with Crippen LogP contribution in [0.1, 0.15) is 0 Å². The molecule has 9 atom stereocenters. The molecule has 11 heteroatoms. The third kappa shape index (κ3) is 3.96. The molecule has 0 aliphatic carbocycles. The second-order valence-electron chi connectivity index (χ2n) is 6.38. The largest absolute Gasteiger partial charge is 0.394 e. The fourth-order valence-corrected chi connectivity index (χ4v) is 3.06. The third-order valence-corrected chi connectivity index (χ3v) is 4.70. The SMILES string of the molecule is OCC1OC(COC[C@]2(CO)OC(CO)[C@H](O)[C@H]2O)[C@@H](O)[C@H](O)[C@H]1O. The fourth-order valence-electron chi connectivity index (χ4n) is 3.06. The minimum atomic E-state index is -1.67. The van der Waals surface area contributed by atoms with E-state index in [-0.39, 0.29) is 6.61 Å². The van der Waals surface area contributed by atoms with E-state index in [0.717, 1.165) is 0 Å². The maximum Gasteiger partial charge on any atom is 0.143 e. The molecule has 0 saturated carbocycles. The van der Waals surface area contributed by atoms with Crippen LogP contribution in [0.15, 0.2) is 0 Å². The van der Waals surface area contributed by atoms with E-state index in [1.165, 1.54) is 0 Å². The highest BCUT2D eigenvalue weighted by Crippen LogP contribution is 2.32. The summed E-state index contributed by atoms with van der Waals surface area (Å²) < 4.78 is 15.9. The van der Waals surface area contributed by atoms with Crippen molar-refractivity contribution in [1.29, 1.82) is 0 Å². The molecule has 0 radical (unpaired) electrons. The van der Waals surface area contributed by atoms with E-state index >= 15 is 0 Å². The van der Waals surface area contributed by atoms with Gasteiger partial charge >= 0.3 is 0 Å². The quantitative estimate of drug-likeness (QED) is 0.214. The Morgan fingerprint density at radius 1 is 0.760 bits per heavy atom. The first-order valence-corrected chi connectivity index (χ1v) is 7.95. The normalized spacial score (nSPS) is 48.0. The van der Waals surface area contributed by atoms with Crippen molar-refractivity contribution in [1.82, 2.24) is 0 Å². The fraction of sp³-hybridized carbons (Fsp3) is 1.00. The van der Waals surface area contributed by atoms with Crippen LogP contribution in [0.5, 0.6) is 0 Å². The summed E-state index contributed by atoms with van der Waals surface area (Å²) >= 11 is 0. The number of hydrogen-bond donors (Lipinski definition) is 8. The van der Waals surface area contributed by atoms with Crippen LogP contribution in [-0.2, 0) is 14.2 Å². The highest BCUT2D eigenvalue weighted by Gasteiger charge is 2.54. The predicted octanol–water partition coefficient (Wildman–Crippen LogP) is -5.31. The predicted molar refractivity (Wildman–Crippen MR) is 78.4 cm³/mol. The highest BCUT2D eigenvalue weighted by atomic mass is 16.6. The molecular formula is C14H26O11. The Kier molecular flexibility index (Phi) is 7.09. The van der Waals surface area contributed by atoms with Crippen LogP contribution in [0.2, 0.25) is 0 Å². The molecular weight excluding hydrogens is 344 g/mol. The Morgan fingerprint density at radius 3 is 1.88 bits per heavy atom. The zero-order valence-corrected chi connectivity index (χ0v) is 13.5. The Morgan fingerprint density at radius 2 is 1.36 bits per heavy atom. The number of aliphatic hydroxyl groups is 8. The first-order chi connectivity index (χ1) is 11.8. The van der Waals surface area contributed by atoms with Crippen LogP contribution in [0.25, 0.3) is 0 Å². The number of rotatable bonds is 7. The molecule has 0 bridgehead atoms. The van der Waals surface area contributed by atoms with Gasteiger partial charge in [-0.05, 0) is 0 Å². The molecule has 148 valence electrons. The lowest BCUT2D eigenvalue weighted by molar-refractivity contribution is -0.244. The summed E-state index contributed by atoms with van der Waals surface area (Å²) in [6.45, 7) is -2.54. The van der Waals surface area contributed by atoms with Gasteiger partial charge in [-0.25, -0.2) is 0 Å². The van der Waals surface area contributed by atoms with Gasteiger partial charge in [0.15, 0.2) is 0 Å². The molecule has 2 saturated heterocycles. The molecule has 11 nitrogen and oxygen atoms in total. The number of aliphatic hydroxyl groups excluding tert-OH is 8. The van der Waals surface area contributed by atoms with E-state index in [0.29, 0.717) is 0 Å². The van der Waals surface area contributed by atoms with Crippen LogP contribution in [0.4, 0.5) is 0 Å². The maximum atomic E-state index is 10.0.